The largest absolute Gasteiger partial charge is 0.378 e. The van der Waals surface area contributed by atoms with Gasteiger partial charge in [-0.3, -0.25) is 4.99 Å². The molecule has 1 aliphatic carbocycles. The fraction of sp³-hybridized carbons (Fsp3) is 0.947. The summed E-state index contributed by atoms with van der Waals surface area (Å²) < 4.78 is 12.0. The third-order valence-corrected chi connectivity index (χ3v) is 5.76. The van der Waals surface area contributed by atoms with Gasteiger partial charge in [-0.25, -0.2) is 0 Å². The van der Waals surface area contributed by atoms with E-state index in [1.54, 1.807) is 0 Å². The molecule has 2 bridgehead atoms. The molecule has 0 amide bonds. The molecule has 5 nitrogen and oxygen atoms in total. The van der Waals surface area contributed by atoms with Gasteiger partial charge in [-0.2, -0.15) is 0 Å². The molecule has 4 unspecified atom stereocenters. The minimum absolute atomic E-state index is 0.383. The highest BCUT2D eigenvalue weighted by Gasteiger charge is 2.41. The lowest BCUT2D eigenvalue weighted by Crippen LogP contribution is -2.47. The normalized spacial score (nSPS) is 31.6. The standard InChI is InChI=1S/C19H35N3O2/c1-3-20-19(22-16-13-15-9-10-18(16)24-15)21-12-11-17(23-4-2)14-7-5-6-8-14/h14-18H,3-13H2,1-2H3,(H2,20,21,22). The molecule has 0 aromatic carbocycles. The van der Waals surface area contributed by atoms with Crippen molar-refractivity contribution in [2.45, 2.75) is 89.6 Å². The zero-order valence-electron chi connectivity index (χ0n) is 15.4. The van der Waals surface area contributed by atoms with Crippen molar-refractivity contribution in [1.29, 1.82) is 0 Å². The van der Waals surface area contributed by atoms with Gasteiger partial charge in [0.1, 0.15) is 0 Å². The van der Waals surface area contributed by atoms with Crippen molar-refractivity contribution >= 4 is 5.96 Å². The summed E-state index contributed by atoms with van der Waals surface area (Å²) in [6.45, 7) is 6.76. The predicted octanol–water partition coefficient (Wildman–Crippen LogP) is 2.85. The van der Waals surface area contributed by atoms with Crippen LogP contribution in [0, 0.1) is 5.92 Å². The molecule has 4 atom stereocenters. The van der Waals surface area contributed by atoms with Gasteiger partial charge in [-0.15, -0.1) is 0 Å². The molecule has 2 aliphatic heterocycles. The maximum atomic E-state index is 6.01. The maximum absolute atomic E-state index is 6.01. The average Bonchev–Trinajstić information content (AvgIpc) is 3.32. The van der Waals surface area contributed by atoms with Gasteiger partial charge in [0.2, 0.25) is 0 Å². The number of guanidine groups is 1. The van der Waals surface area contributed by atoms with E-state index in [9.17, 15) is 0 Å². The van der Waals surface area contributed by atoms with Crippen LogP contribution in [0.2, 0.25) is 0 Å². The summed E-state index contributed by atoms with van der Waals surface area (Å²) in [5.74, 6) is 1.69. The van der Waals surface area contributed by atoms with Crippen molar-refractivity contribution < 1.29 is 9.47 Å². The zero-order valence-corrected chi connectivity index (χ0v) is 15.4. The fourth-order valence-corrected chi connectivity index (χ4v) is 4.59. The first kappa shape index (κ1) is 18.0. The van der Waals surface area contributed by atoms with E-state index in [1.165, 1.54) is 38.5 Å². The smallest absolute Gasteiger partial charge is 0.191 e. The summed E-state index contributed by atoms with van der Waals surface area (Å²) in [5, 5.41) is 6.98. The van der Waals surface area contributed by atoms with Gasteiger partial charge in [0.05, 0.1) is 24.4 Å². The van der Waals surface area contributed by atoms with Gasteiger partial charge >= 0.3 is 0 Å². The van der Waals surface area contributed by atoms with Gasteiger partial charge in [0, 0.05) is 19.7 Å². The Bertz CT molecular complexity index is 409. The Morgan fingerprint density at radius 3 is 2.67 bits per heavy atom. The maximum Gasteiger partial charge on any atom is 0.191 e. The van der Waals surface area contributed by atoms with Crippen LogP contribution in [0.15, 0.2) is 4.99 Å². The van der Waals surface area contributed by atoms with Crippen LogP contribution in [0.3, 0.4) is 0 Å². The average molecular weight is 338 g/mol. The van der Waals surface area contributed by atoms with E-state index in [2.05, 4.69) is 24.5 Å². The quantitative estimate of drug-likeness (QED) is 0.528. The highest BCUT2D eigenvalue weighted by atomic mass is 16.5. The summed E-state index contributed by atoms with van der Waals surface area (Å²) in [6.07, 6.45) is 11.2. The van der Waals surface area contributed by atoms with Crippen LogP contribution >= 0.6 is 0 Å². The number of aliphatic imine (C=N–C) groups is 1. The first-order valence-electron chi connectivity index (χ1n) is 10.1. The van der Waals surface area contributed by atoms with Crippen molar-refractivity contribution in [1.82, 2.24) is 10.6 Å². The van der Waals surface area contributed by atoms with Crippen molar-refractivity contribution in [2.75, 3.05) is 19.7 Å². The molecular weight excluding hydrogens is 302 g/mol. The predicted molar refractivity (Wildman–Crippen MR) is 97.4 cm³/mol. The summed E-state index contributed by atoms with van der Waals surface area (Å²) in [6, 6.07) is 0.430. The molecule has 2 heterocycles. The topological polar surface area (TPSA) is 54.9 Å². The molecule has 3 fully saturated rings. The number of ether oxygens (including phenoxy) is 2. The highest BCUT2D eigenvalue weighted by molar-refractivity contribution is 5.80. The molecule has 2 N–H and O–H groups in total. The first-order valence-corrected chi connectivity index (χ1v) is 10.1. The molecule has 1 saturated carbocycles. The Morgan fingerprint density at radius 1 is 1.21 bits per heavy atom. The molecule has 3 aliphatic rings. The van der Waals surface area contributed by atoms with Crippen molar-refractivity contribution in [3.05, 3.63) is 0 Å². The lowest BCUT2D eigenvalue weighted by Gasteiger charge is -2.24. The van der Waals surface area contributed by atoms with Crippen LogP contribution in [-0.4, -0.2) is 50.0 Å². The minimum atomic E-state index is 0.383. The van der Waals surface area contributed by atoms with E-state index in [1.807, 2.05) is 0 Å². The van der Waals surface area contributed by atoms with Crippen LogP contribution in [0.4, 0.5) is 0 Å². The zero-order chi connectivity index (χ0) is 16.8. The number of nitrogens with one attached hydrogen (secondary N) is 2. The van der Waals surface area contributed by atoms with Crippen LogP contribution < -0.4 is 10.6 Å². The van der Waals surface area contributed by atoms with Crippen molar-refractivity contribution in [2.24, 2.45) is 10.9 Å². The van der Waals surface area contributed by atoms with E-state index in [0.717, 1.165) is 44.4 Å². The van der Waals surface area contributed by atoms with E-state index < -0.39 is 0 Å². The second kappa shape index (κ2) is 9.04. The van der Waals surface area contributed by atoms with Crippen molar-refractivity contribution in [3.63, 3.8) is 0 Å². The van der Waals surface area contributed by atoms with Gasteiger partial charge in [-0.1, -0.05) is 12.8 Å². The molecule has 5 heteroatoms. The molecule has 24 heavy (non-hydrogen) atoms. The summed E-state index contributed by atoms with van der Waals surface area (Å²) in [5.41, 5.74) is 0. The lowest BCUT2D eigenvalue weighted by molar-refractivity contribution is 0.0177. The summed E-state index contributed by atoms with van der Waals surface area (Å²) >= 11 is 0. The van der Waals surface area contributed by atoms with Crippen LogP contribution in [0.1, 0.15) is 65.2 Å². The third kappa shape index (κ3) is 4.63. The van der Waals surface area contributed by atoms with Gasteiger partial charge in [0.25, 0.3) is 0 Å². The Morgan fingerprint density at radius 2 is 2.04 bits per heavy atom. The number of fused-ring (bicyclic) bond motifs is 2. The Hall–Kier alpha value is -0.810. The molecule has 138 valence electrons. The molecule has 0 spiro atoms. The van der Waals surface area contributed by atoms with Crippen molar-refractivity contribution in [3.8, 4) is 0 Å². The summed E-state index contributed by atoms with van der Waals surface area (Å²) in [4.78, 5) is 4.81. The van der Waals surface area contributed by atoms with Gasteiger partial charge in [0.15, 0.2) is 5.96 Å². The molecular formula is C19H35N3O2. The van der Waals surface area contributed by atoms with E-state index in [4.69, 9.17) is 14.5 Å². The Labute approximate surface area is 147 Å². The fourth-order valence-electron chi connectivity index (χ4n) is 4.59. The number of hydrogen-bond donors (Lipinski definition) is 2. The Balaban J connectivity index is 1.48. The minimum Gasteiger partial charge on any atom is -0.378 e. The highest BCUT2D eigenvalue weighted by Crippen LogP contribution is 2.34. The first-order chi connectivity index (χ1) is 11.8. The second-order valence-electron chi connectivity index (χ2n) is 7.45. The van der Waals surface area contributed by atoms with Gasteiger partial charge < -0.3 is 20.1 Å². The van der Waals surface area contributed by atoms with Gasteiger partial charge in [-0.05, 0) is 58.3 Å². The van der Waals surface area contributed by atoms with Crippen LogP contribution in [0.5, 0.6) is 0 Å². The lowest BCUT2D eigenvalue weighted by atomic mass is 9.96. The monoisotopic (exact) mass is 337 g/mol. The van der Waals surface area contributed by atoms with E-state index in [-0.39, 0.29) is 0 Å². The number of hydrogen-bond acceptors (Lipinski definition) is 3. The van der Waals surface area contributed by atoms with Crippen LogP contribution in [0.25, 0.3) is 0 Å². The third-order valence-electron chi connectivity index (χ3n) is 5.76. The molecule has 3 rings (SSSR count). The second-order valence-corrected chi connectivity index (χ2v) is 7.45. The van der Waals surface area contributed by atoms with E-state index >= 15 is 0 Å². The SMILES string of the molecule is CCNC(=NCCC(OCC)C1CCCC1)NC1CC2CCC1O2. The molecule has 0 radical (unpaired) electrons. The molecule has 0 aromatic heterocycles. The van der Waals surface area contributed by atoms with E-state index in [0.29, 0.717) is 24.4 Å². The number of nitrogens with zero attached hydrogens (tertiary/aromatic N) is 1. The van der Waals surface area contributed by atoms with Crippen LogP contribution in [-0.2, 0) is 9.47 Å². The molecule has 2 saturated heterocycles. The summed E-state index contributed by atoms with van der Waals surface area (Å²) in [7, 11) is 0. The molecule has 0 aromatic rings. The number of rotatable bonds is 8. The Kier molecular flexibility index (Phi) is 6.78.